The van der Waals surface area contributed by atoms with E-state index in [1.807, 2.05) is 24.4 Å². The molecule has 174 valence electrons. The molecule has 1 unspecified atom stereocenters. The predicted octanol–water partition coefficient (Wildman–Crippen LogP) is 4.75. The third-order valence-corrected chi connectivity index (χ3v) is 5.67. The topological polar surface area (TPSA) is 79.3 Å². The van der Waals surface area contributed by atoms with Gasteiger partial charge >= 0.3 is 0 Å². The number of ether oxygens (including phenoxy) is 1. The number of benzene rings is 1. The maximum absolute atomic E-state index is 13.4. The molecule has 0 spiro atoms. The summed E-state index contributed by atoms with van der Waals surface area (Å²) in [5, 5.41) is 2.06. The summed E-state index contributed by atoms with van der Waals surface area (Å²) in [5.74, 6) is 1.55. The van der Waals surface area contributed by atoms with Gasteiger partial charge in [0.2, 0.25) is 0 Å². The van der Waals surface area contributed by atoms with E-state index >= 15 is 0 Å². The average Bonchev–Trinajstić information content (AvgIpc) is 3.46. The summed E-state index contributed by atoms with van der Waals surface area (Å²) in [6.07, 6.45) is 9.58. The fraction of sp³-hybridized carbons (Fsp3) is 0.273. The molecule has 0 amide bonds. The molecule has 1 aliphatic heterocycles. The van der Waals surface area contributed by atoms with Crippen LogP contribution in [0.15, 0.2) is 60.9 Å². The highest BCUT2D eigenvalue weighted by atomic mass is 35.5. The highest BCUT2D eigenvalue weighted by Gasteiger charge is 2.22. The molecule has 0 saturated heterocycles. The lowest BCUT2D eigenvalue weighted by atomic mass is 9.91. The monoisotopic (exact) mass is 491 g/mol. The maximum atomic E-state index is 13.4. The summed E-state index contributed by atoms with van der Waals surface area (Å²) in [6, 6.07) is 8.41. The molecule has 3 N–H and O–H groups in total. The molecule has 1 aromatic carbocycles. The van der Waals surface area contributed by atoms with Gasteiger partial charge in [0.25, 0.3) is 0 Å². The van der Waals surface area contributed by atoms with Gasteiger partial charge in [-0.15, -0.1) is 17.1 Å². The first-order valence-corrected chi connectivity index (χ1v) is 11.3. The molecule has 8 nitrogen and oxygen atoms in total. The molecule has 3 aromatic rings. The number of nitrogens with one attached hydrogen (secondary N) is 3. The van der Waals surface area contributed by atoms with Crippen LogP contribution < -0.4 is 21.1 Å². The van der Waals surface area contributed by atoms with Gasteiger partial charge in [-0.25, -0.2) is 19.5 Å². The predicted molar refractivity (Wildman–Crippen MR) is 126 cm³/mol. The van der Waals surface area contributed by atoms with E-state index in [-0.39, 0.29) is 11.7 Å². The summed E-state index contributed by atoms with van der Waals surface area (Å²) >= 11 is 11.8. The third kappa shape index (κ3) is 5.68. The van der Waals surface area contributed by atoms with Crippen molar-refractivity contribution in [2.75, 3.05) is 18.4 Å². The first kappa shape index (κ1) is 23.2. The Morgan fingerprint density at radius 3 is 2.73 bits per heavy atom. The van der Waals surface area contributed by atoms with E-state index in [4.69, 9.17) is 27.9 Å². The second-order valence-electron chi connectivity index (χ2n) is 7.45. The summed E-state index contributed by atoms with van der Waals surface area (Å²) in [7, 11) is 1.57. The van der Waals surface area contributed by atoms with Gasteiger partial charge in [0.1, 0.15) is 17.3 Å². The zero-order chi connectivity index (χ0) is 23.2. The molecule has 0 bridgehead atoms. The summed E-state index contributed by atoms with van der Waals surface area (Å²) in [4.78, 5) is 8.48. The number of hydrogen-bond donors (Lipinski definition) is 3. The number of unbranched alkanes of at least 4 members (excludes halogenated alkanes) is 1. The Morgan fingerprint density at radius 1 is 1.21 bits per heavy atom. The minimum absolute atomic E-state index is 0.0640. The molecule has 1 aliphatic rings. The molecular formula is C22H24Cl2FN7O. The third-order valence-electron chi connectivity index (χ3n) is 5.21. The van der Waals surface area contributed by atoms with E-state index in [2.05, 4.69) is 26.4 Å². The molecule has 0 fully saturated rings. The summed E-state index contributed by atoms with van der Waals surface area (Å²) in [5.41, 5.74) is 12.2. The quantitative estimate of drug-likeness (QED) is 0.278. The van der Waals surface area contributed by atoms with Crippen LogP contribution in [0.1, 0.15) is 30.7 Å². The molecular weight excluding hydrogens is 468 g/mol. The Bertz CT molecular complexity index is 1110. The summed E-state index contributed by atoms with van der Waals surface area (Å²) in [6.45, 7) is 0. The highest BCUT2D eigenvalue weighted by Crippen LogP contribution is 2.31. The normalized spacial score (nSPS) is 14.1. The number of hydrazine groups is 3. The van der Waals surface area contributed by atoms with Gasteiger partial charge in [0.05, 0.1) is 30.9 Å². The van der Waals surface area contributed by atoms with Crippen LogP contribution in [-0.4, -0.2) is 32.6 Å². The molecule has 3 heterocycles. The number of anilines is 1. The minimum atomic E-state index is -0.254. The van der Waals surface area contributed by atoms with Crippen molar-refractivity contribution in [1.29, 1.82) is 0 Å². The molecule has 0 aliphatic carbocycles. The smallest absolute Gasteiger partial charge is 0.181 e. The summed E-state index contributed by atoms with van der Waals surface area (Å²) < 4.78 is 20.6. The number of aromatic nitrogens is 3. The number of imidazole rings is 1. The number of nitrogens with zero attached hydrogens (tertiary/aromatic N) is 4. The van der Waals surface area contributed by atoms with Crippen molar-refractivity contribution in [2.45, 2.75) is 25.2 Å². The van der Waals surface area contributed by atoms with Crippen LogP contribution in [-0.2, 0) is 0 Å². The van der Waals surface area contributed by atoms with Crippen LogP contribution in [0.3, 0.4) is 0 Å². The second kappa shape index (κ2) is 10.7. The maximum Gasteiger partial charge on any atom is 0.181 e. The van der Waals surface area contributed by atoms with Crippen LogP contribution in [0.25, 0.3) is 5.82 Å². The van der Waals surface area contributed by atoms with Crippen molar-refractivity contribution < 1.29 is 9.13 Å². The Balaban J connectivity index is 1.50. The van der Waals surface area contributed by atoms with Gasteiger partial charge in [-0.3, -0.25) is 9.99 Å². The first-order valence-electron chi connectivity index (χ1n) is 10.4. The molecule has 11 heteroatoms. The van der Waals surface area contributed by atoms with Crippen LogP contribution in [0.2, 0.25) is 5.15 Å². The number of hydrogen-bond acceptors (Lipinski definition) is 7. The number of allylic oxidation sites excluding steroid dienone is 1. The van der Waals surface area contributed by atoms with Crippen molar-refractivity contribution in [1.82, 2.24) is 30.6 Å². The zero-order valence-corrected chi connectivity index (χ0v) is 19.4. The van der Waals surface area contributed by atoms with Crippen molar-refractivity contribution in [2.24, 2.45) is 0 Å². The molecule has 1 atom stereocenters. The standard InChI is InChI=1S/C22H24Cl2FN7O/c1-33-20-10-17(11-26-22(20)31-13-21(24)27-14-31)29-32-12-19(28-30-32)18(4-2-3-9-23)15-5-7-16(25)8-6-15/h5-8,10-14,18,28-30H,2-4,9H2,1H3. The molecule has 0 radical (unpaired) electrons. The van der Waals surface area contributed by atoms with Gasteiger partial charge < -0.3 is 10.2 Å². The molecule has 4 rings (SSSR count). The second-order valence-corrected chi connectivity index (χ2v) is 8.21. The Morgan fingerprint density at radius 2 is 2.03 bits per heavy atom. The van der Waals surface area contributed by atoms with Gasteiger partial charge in [0.15, 0.2) is 11.6 Å². The van der Waals surface area contributed by atoms with Gasteiger partial charge in [-0.2, -0.15) is 0 Å². The zero-order valence-electron chi connectivity index (χ0n) is 17.9. The van der Waals surface area contributed by atoms with Gasteiger partial charge in [-0.05, 0) is 30.5 Å². The number of rotatable bonds is 10. The highest BCUT2D eigenvalue weighted by molar-refractivity contribution is 6.29. The average molecular weight is 492 g/mol. The van der Waals surface area contributed by atoms with E-state index in [0.717, 1.165) is 30.5 Å². The van der Waals surface area contributed by atoms with E-state index in [0.29, 0.717) is 28.3 Å². The van der Waals surface area contributed by atoms with E-state index < -0.39 is 0 Å². The Hall–Kier alpha value is -3.01. The van der Waals surface area contributed by atoms with Crippen molar-refractivity contribution in [3.8, 4) is 11.6 Å². The largest absolute Gasteiger partial charge is 0.493 e. The molecule has 33 heavy (non-hydrogen) atoms. The van der Waals surface area contributed by atoms with E-state index in [1.165, 1.54) is 12.1 Å². The van der Waals surface area contributed by atoms with Crippen molar-refractivity contribution in [3.63, 3.8) is 0 Å². The van der Waals surface area contributed by atoms with Crippen LogP contribution in [0.4, 0.5) is 10.1 Å². The molecule has 2 aromatic heterocycles. The Kier molecular flexibility index (Phi) is 7.54. The fourth-order valence-corrected chi connectivity index (χ4v) is 3.94. The van der Waals surface area contributed by atoms with E-state index in [1.54, 1.807) is 35.5 Å². The minimum Gasteiger partial charge on any atom is -0.493 e. The van der Waals surface area contributed by atoms with Crippen LogP contribution in [0.5, 0.6) is 5.75 Å². The van der Waals surface area contributed by atoms with Gasteiger partial charge in [0, 0.05) is 24.1 Å². The fourth-order valence-electron chi connectivity index (χ4n) is 3.60. The lowest BCUT2D eigenvalue weighted by Crippen LogP contribution is -2.40. The van der Waals surface area contributed by atoms with Crippen LogP contribution in [0, 0.1) is 5.82 Å². The van der Waals surface area contributed by atoms with Gasteiger partial charge in [-0.1, -0.05) is 30.2 Å². The van der Waals surface area contributed by atoms with Crippen LogP contribution >= 0.6 is 23.2 Å². The lowest BCUT2D eigenvalue weighted by molar-refractivity contribution is 0.320. The first-order chi connectivity index (χ1) is 16.1. The number of alkyl halides is 1. The van der Waals surface area contributed by atoms with E-state index in [9.17, 15) is 4.39 Å². The Labute approximate surface area is 201 Å². The number of methoxy groups -OCH3 is 1. The van der Waals surface area contributed by atoms with Crippen molar-refractivity contribution >= 4 is 28.9 Å². The number of halogens is 3. The number of pyridine rings is 1. The van der Waals surface area contributed by atoms with Crippen molar-refractivity contribution in [3.05, 3.63) is 77.5 Å². The SMILES string of the molecule is COc1cc(NN2C=C(C(CCCCCl)c3ccc(F)cc3)NN2)cnc1-n1cnc(Cl)c1. The lowest BCUT2D eigenvalue weighted by Gasteiger charge is -2.19. The molecule has 0 saturated carbocycles.